The van der Waals surface area contributed by atoms with Crippen LogP contribution in [0.1, 0.15) is 18.1 Å². The molecular weight excluding hydrogens is 394 g/mol. The maximum Gasteiger partial charge on any atom is 0.344 e. The van der Waals surface area contributed by atoms with Gasteiger partial charge < -0.3 is 19.5 Å². The number of rotatable bonds is 9. The summed E-state index contributed by atoms with van der Waals surface area (Å²) in [5.74, 6) is 0.865. The van der Waals surface area contributed by atoms with E-state index in [9.17, 15) is 9.59 Å². The molecule has 0 aromatic heterocycles. The van der Waals surface area contributed by atoms with E-state index in [4.69, 9.17) is 14.2 Å². The zero-order valence-corrected chi connectivity index (χ0v) is 17.6. The highest BCUT2D eigenvalue weighted by Crippen LogP contribution is 2.23. The SMILES string of the molecule is CCc1cccc(C)c1NC(=O)COC(=O)COc1ccc(Oc2ccccc2)cc1. The van der Waals surface area contributed by atoms with E-state index in [0.29, 0.717) is 11.5 Å². The number of para-hydroxylation sites is 2. The van der Waals surface area contributed by atoms with Gasteiger partial charge in [0.05, 0.1) is 0 Å². The monoisotopic (exact) mass is 419 g/mol. The summed E-state index contributed by atoms with van der Waals surface area (Å²) in [6.07, 6.45) is 0.792. The van der Waals surface area contributed by atoms with E-state index >= 15 is 0 Å². The van der Waals surface area contributed by atoms with Gasteiger partial charge in [0, 0.05) is 5.69 Å². The molecule has 0 heterocycles. The lowest BCUT2D eigenvalue weighted by atomic mass is 10.1. The lowest BCUT2D eigenvalue weighted by molar-refractivity contribution is -0.149. The Labute approximate surface area is 181 Å². The van der Waals surface area contributed by atoms with Crippen molar-refractivity contribution in [3.8, 4) is 17.2 Å². The average Bonchev–Trinajstić information content (AvgIpc) is 2.79. The Kier molecular flexibility index (Phi) is 7.65. The summed E-state index contributed by atoms with van der Waals surface area (Å²) in [6, 6.07) is 22.1. The normalized spacial score (nSPS) is 10.3. The standard InChI is InChI=1S/C25H25NO5/c1-3-19-9-7-8-18(2)25(19)26-23(27)16-30-24(28)17-29-20-12-14-22(15-13-20)31-21-10-5-4-6-11-21/h4-15H,3,16-17H2,1-2H3,(H,26,27). The third-order valence-corrected chi connectivity index (χ3v) is 4.53. The second-order valence-electron chi connectivity index (χ2n) is 6.85. The quantitative estimate of drug-likeness (QED) is 0.499. The maximum atomic E-state index is 12.2. The largest absolute Gasteiger partial charge is 0.482 e. The Balaban J connectivity index is 1.42. The molecule has 0 aliphatic heterocycles. The topological polar surface area (TPSA) is 73.9 Å². The van der Waals surface area contributed by atoms with Crippen LogP contribution < -0.4 is 14.8 Å². The molecule has 31 heavy (non-hydrogen) atoms. The summed E-state index contributed by atoms with van der Waals surface area (Å²) in [5.41, 5.74) is 2.75. The van der Waals surface area contributed by atoms with Crippen molar-refractivity contribution in [3.05, 3.63) is 83.9 Å². The first-order valence-corrected chi connectivity index (χ1v) is 10.0. The van der Waals surface area contributed by atoms with Crippen LogP contribution in [0.25, 0.3) is 0 Å². The van der Waals surface area contributed by atoms with Gasteiger partial charge in [-0.05, 0) is 60.9 Å². The molecule has 3 rings (SSSR count). The van der Waals surface area contributed by atoms with Gasteiger partial charge in [-0.25, -0.2) is 4.79 Å². The predicted octanol–water partition coefficient (Wildman–Crippen LogP) is 4.91. The van der Waals surface area contributed by atoms with E-state index in [0.717, 1.165) is 29.0 Å². The minimum atomic E-state index is -0.625. The fourth-order valence-corrected chi connectivity index (χ4v) is 2.94. The van der Waals surface area contributed by atoms with E-state index in [2.05, 4.69) is 5.32 Å². The molecule has 6 heteroatoms. The van der Waals surface area contributed by atoms with Crippen LogP contribution >= 0.6 is 0 Å². The lowest BCUT2D eigenvalue weighted by Gasteiger charge is -2.13. The second-order valence-corrected chi connectivity index (χ2v) is 6.85. The second kappa shape index (κ2) is 10.8. The highest BCUT2D eigenvalue weighted by atomic mass is 16.6. The van der Waals surface area contributed by atoms with Gasteiger partial charge in [0.25, 0.3) is 5.91 Å². The van der Waals surface area contributed by atoms with Crippen LogP contribution in [0.4, 0.5) is 5.69 Å². The van der Waals surface area contributed by atoms with Crippen molar-refractivity contribution in [3.63, 3.8) is 0 Å². The van der Waals surface area contributed by atoms with Gasteiger partial charge in [0.1, 0.15) is 17.2 Å². The van der Waals surface area contributed by atoms with Crippen LogP contribution in [0.3, 0.4) is 0 Å². The Morgan fingerprint density at radius 3 is 2.19 bits per heavy atom. The number of carbonyl (C=O) groups is 2. The molecule has 0 aliphatic carbocycles. The third-order valence-electron chi connectivity index (χ3n) is 4.53. The van der Waals surface area contributed by atoms with Gasteiger partial charge in [0.15, 0.2) is 13.2 Å². The van der Waals surface area contributed by atoms with Crippen LogP contribution in [0.2, 0.25) is 0 Å². The molecule has 0 saturated heterocycles. The fraction of sp³-hybridized carbons (Fsp3) is 0.200. The number of esters is 1. The number of benzene rings is 3. The van der Waals surface area contributed by atoms with Crippen molar-refractivity contribution in [2.24, 2.45) is 0 Å². The summed E-state index contributed by atoms with van der Waals surface area (Å²) >= 11 is 0. The predicted molar refractivity (Wildman–Crippen MR) is 119 cm³/mol. The number of hydrogen-bond acceptors (Lipinski definition) is 5. The summed E-state index contributed by atoms with van der Waals surface area (Å²) in [5, 5.41) is 2.81. The van der Waals surface area contributed by atoms with E-state index in [-0.39, 0.29) is 19.1 Å². The Bertz CT molecular complexity index is 1020. The molecule has 0 unspecified atom stereocenters. The van der Waals surface area contributed by atoms with Crippen LogP contribution in [-0.4, -0.2) is 25.1 Å². The van der Waals surface area contributed by atoms with E-state index in [1.165, 1.54) is 0 Å². The smallest absolute Gasteiger partial charge is 0.344 e. The minimum Gasteiger partial charge on any atom is -0.482 e. The van der Waals surface area contributed by atoms with Crippen molar-refractivity contribution in [1.82, 2.24) is 0 Å². The number of anilines is 1. The molecular formula is C25H25NO5. The Morgan fingerprint density at radius 1 is 0.806 bits per heavy atom. The van der Waals surface area contributed by atoms with Crippen LogP contribution in [0.15, 0.2) is 72.8 Å². The van der Waals surface area contributed by atoms with Crippen molar-refractivity contribution in [2.75, 3.05) is 18.5 Å². The molecule has 0 bridgehead atoms. The number of amides is 1. The lowest BCUT2D eigenvalue weighted by Crippen LogP contribution is -2.24. The molecule has 0 fully saturated rings. The molecule has 0 aliphatic rings. The van der Waals surface area contributed by atoms with E-state index in [1.54, 1.807) is 24.3 Å². The number of carbonyl (C=O) groups excluding carboxylic acids is 2. The highest BCUT2D eigenvalue weighted by molar-refractivity contribution is 5.94. The molecule has 1 amide bonds. The molecule has 1 N–H and O–H groups in total. The summed E-state index contributed by atoms with van der Waals surface area (Å²) < 4.78 is 16.1. The van der Waals surface area contributed by atoms with Crippen LogP contribution in [-0.2, 0) is 20.7 Å². The number of hydrogen-bond donors (Lipinski definition) is 1. The third kappa shape index (κ3) is 6.60. The van der Waals surface area contributed by atoms with Crippen LogP contribution in [0.5, 0.6) is 17.2 Å². The highest BCUT2D eigenvalue weighted by Gasteiger charge is 2.12. The van der Waals surface area contributed by atoms with Gasteiger partial charge in [0.2, 0.25) is 0 Å². The van der Waals surface area contributed by atoms with Gasteiger partial charge in [-0.15, -0.1) is 0 Å². The molecule has 0 spiro atoms. The van der Waals surface area contributed by atoms with Crippen molar-refractivity contribution < 1.29 is 23.8 Å². The van der Waals surface area contributed by atoms with Gasteiger partial charge in [-0.2, -0.15) is 0 Å². The zero-order chi connectivity index (χ0) is 22.1. The summed E-state index contributed by atoms with van der Waals surface area (Å²) in [7, 11) is 0. The first-order chi connectivity index (χ1) is 15.0. The van der Waals surface area contributed by atoms with Gasteiger partial charge >= 0.3 is 5.97 Å². The first-order valence-electron chi connectivity index (χ1n) is 10.0. The Morgan fingerprint density at radius 2 is 1.48 bits per heavy atom. The summed E-state index contributed by atoms with van der Waals surface area (Å²) in [4.78, 5) is 24.1. The number of ether oxygens (including phenoxy) is 3. The van der Waals surface area contributed by atoms with Gasteiger partial charge in [-0.1, -0.05) is 43.3 Å². The first kappa shape index (κ1) is 21.9. The molecule has 0 radical (unpaired) electrons. The molecule has 0 saturated carbocycles. The van der Waals surface area contributed by atoms with Crippen molar-refractivity contribution >= 4 is 17.6 Å². The number of nitrogens with one attached hydrogen (secondary N) is 1. The molecule has 3 aromatic carbocycles. The summed E-state index contributed by atoms with van der Waals surface area (Å²) in [6.45, 7) is 3.27. The molecule has 0 atom stereocenters. The zero-order valence-electron chi connectivity index (χ0n) is 17.6. The fourth-order valence-electron chi connectivity index (χ4n) is 2.94. The average molecular weight is 419 g/mol. The molecule has 3 aromatic rings. The van der Waals surface area contributed by atoms with E-state index in [1.807, 2.05) is 62.4 Å². The molecule has 160 valence electrons. The molecule has 6 nitrogen and oxygen atoms in total. The maximum absolute atomic E-state index is 12.2. The van der Waals surface area contributed by atoms with Crippen LogP contribution in [0, 0.1) is 6.92 Å². The van der Waals surface area contributed by atoms with Crippen molar-refractivity contribution in [1.29, 1.82) is 0 Å². The number of aryl methyl sites for hydroxylation is 2. The van der Waals surface area contributed by atoms with Crippen molar-refractivity contribution in [2.45, 2.75) is 20.3 Å². The van der Waals surface area contributed by atoms with Gasteiger partial charge in [-0.3, -0.25) is 4.79 Å². The minimum absolute atomic E-state index is 0.295. The Hall–Kier alpha value is -3.80. The van der Waals surface area contributed by atoms with E-state index < -0.39 is 5.97 Å².